The first-order valence-corrected chi connectivity index (χ1v) is 9.74. The highest BCUT2D eigenvalue weighted by molar-refractivity contribution is 5.82. The van der Waals surface area contributed by atoms with E-state index in [1.165, 1.54) is 12.8 Å². The van der Waals surface area contributed by atoms with Gasteiger partial charge < -0.3 is 14.5 Å². The summed E-state index contributed by atoms with van der Waals surface area (Å²) in [5.41, 5.74) is 0.586. The summed E-state index contributed by atoms with van der Waals surface area (Å²) in [5.74, 6) is 0.866. The maximum absolute atomic E-state index is 13.1. The summed E-state index contributed by atoms with van der Waals surface area (Å²) in [4.78, 5) is 34.8. The van der Waals surface area contributed by atoms with Crippen LogP contribution in [-0.4, -0.2) is 83.0 Å². The summed E-state index contributed by atoms with van der Waals surface area (Å²) in [5, 5.41) is 0. The third-order valence-electron chi connectivity index (χ3n) is 5.86. The first-order chi connectivity index (χ1) is 13.0. The normalized spacial score (nSPS) is 24.5. The third kappa shape index (κ3) is 3.99. The molecule has 1 spiro atoms. The van der Waals surface area contributed by atoms with Crippen LogP contribution in [0.1, 0.15) is 25.5 Å². The average Bonchev–Trinajstić information content (AvgIpc) is 3.43. The molecule has 0 aromatic carbocycles. The number of hydrogen-bond donors (Lipinski definition) is 0. The second-order valence-electron chi connectivity index (χ2n) is 8.27. The number of morpholine rings is 1. The van der Waals surface area contributed by atoms with Gasteiger partial charge in [-0.25, -0.2) is 0 Å². The standard InChI is InChI=1S/C20H28N4O3/c1-15(25)24-13-20(14-24)12-23(9-16-6-7-16)18(11-27-20)19(26)22(2)10-17-5-3-4-8-21-17/h3-5,8,16,18H,6-7,9-14H2,1-2H3. The fraction of sp³-hybridized carbons (Fsp3) is 0.650. The molecule has 3 aliphatic rings. The molecule has 1 aromatic heterocycles. The van der Waals surface area contributed by atoms with Crippen molar-refractivity contribution in [1.29, 1.82) is 0 Å². The maximum atomic E-state index is 13.1. The number of likely N-dealkylation sites (N-methyl/N-ethyl adjacent to an activating group) is 1. The van der Waals surface area contributed by atoms with E-state index < -0.39 is 0 Å². The van der Waals surface area contributed by atoms with E-state index in [1.807, 2.05) is 30.1 Å². The van der Waals surface area contributed by atoms with Crippen LogP contribution in [-0.2, 0) is 20.9 Å². The Morgan fingerprint density at radius 1 is 1.30 bits per heavy atom. The molecule has 2 aliphatic heterocycles. The van der Waals surface area contributed by atoms with Gasteiger partial charge in [-0.2, -0.15) is 0 Å². The zero-order chi connectivity index (χ0) is 19.0. The quantitative estimate of drug-likeness (QED) is 0.763. The van der Waals surface area contributed by atoms with Crippen LogP contribution in [0.2, 0.25) is 0 Å². The summed E-state index contributed by atoms with van der Waals surface area (Å²) < 4.78 is 6.15. The molecule has 7 heteroatoms. The molecular weight excluding hydrogens is 344 g/mol. The predicted octanol–water partition coefficient (Wildman–Crippen LogP) is 0.752. The average molecular weight is 372 g/mol. The van der Waals surface area contributed by atoms with E-state index in [1.54, 1.807) is 18.0 Å². The zero-order valence-electron chi connectivity index (χ0n) is 16.1. The summed E-state index contributed by atoms with van der Waals surface area (Å²) >= 11 is 0. The lowest BCUT2D eigenvalue weighted by Gasteiger charge is -2.55. The van der Waals surface area contributed by atoms with E-state index in [2.05, 4.69) is 9.88 Å². The number of amides is 2. The van der Waals surface area contributed by atoms with Gasteiger partial charge in [0.2, 0.25) is 11.8 Å². The van der Waals surface area contributed by atoms with Crippen LogP contribution >= 0.6 is 0 Å². The monoisotopic (exact) mass is 372 g/mol. The van der Waals surface area contributed by atoms with Gasteiger partial charge in [0.05, 0.1) is 31.9 Å². The van der Waals surface area contributed by atoms with Gasteiger partial charge in [-0.1, -0.05) is 6.07 Å². The fourth-order valence-electron chi connectivity index (χ4n) is 4.07. The molecule has 2 amide bonds. The van der Waals surface area contributed by atoms with E-state index in [9.17, 15) is 9.59 Å². The smallest absolute Gasteiger partial charge is 0.242 e. The summed E-state index contributed by atoms with van der Waals surface area (Å²) in [6.07, 6.45) is 4.24. The fourth-order valence-corrected chi connectivity index (χ4v) is 4.07. The van der Waals surface area contributed by atoms with Crippen LogP contribution in [0.4, 0.5) is 0 Å². The molecule has 1 atom stereocenters. The summed E-state index contributed by atoms with van der Waals surface area (Å²) in [6.45, 7) is 5.42. The summed E-state index contributed by atoms with van der Waals surface area (Å²) in [6, 6.07) is 5.49. The number of nitrogens with zero attached hydrogens (tertiary/aromatic N) is 4. The molecule has 4 rings (SSSR count). The molecule has 1 aliphatic carbocycles. The number of carbonyl (C=O) groups is 2. The number of likely N-dealkylation sites (tertiary alicyclic amines) is 1. The van der Waals surface area contributed by atoms with Crippen molar-refractivity contribution in [3.63, 3.8) is 0 Å². The lowest BCUT2D eigenvalue weighted by atomic mass is 9.90. The number of rotatable bonds is 5. The van der Waals surface area contributed by atoms with E-state index in [0.29, 0.717) is 32.2 Å². The molecule has 7 nitrogen and oxygen atoms in total. The predicted molar refractivity (Wildman–Crippen MR) is 99.7 cm³/mol. The molecule has 0 N–H and O–H groups in total. The Morgan fingerprint density at radius 3 is 2.70 bits per heavy atom. The van der Waals surface area contributed by atoms with Crippen molar-refractivity contribution in [3.8, 4) is 0 Å². The van der Waals surface area contributed by atoms with E-state index in [-0.39, 0.29) is 23.5 Å². The molecule has 1 aromatic rings. The van der Waals surface area contributed by atoms with Crippen molar-refractivity contribution in [1.82, 2.24) is 19.7 Å². The second-order valence-corrected chi connectivity index (χ2v) is 8.27. The number of hydrogen-bond acceptors (Lipinski definition) is 5. The van der Waals surface area contributed by atoms with E-state index in [0.717, 1.165) is 18.8 Å². The van der Waals surface area contributed by atoms with E-state index >= 15 is 0 Å². The van der Waals surface area contributed by atoms with Gasteiger partial charge in [0.25, 0.3) is 0 Å². The molecule has 146 valence electrons. The molecule has 3 heterocycles. The Morgan fingerprint density at radius 2 is 2.07 bits per heavy atom. The molecule has 0 radical (unpaired) electrons. The van der Waals surface area contributed by atoms with Crippen molar-refractivity contribution >= 4 is 11.8 Å². The number of carbonyl (C=O) groups excluding carboxylic acids is 2. The lowest BCUT2D eigenvalue weighted by Crippen LogP contribution is -2.73. The van der Waals surface area contributed by atoms with Gasteiger partial charge in [0, 0.05) is 33.3 Å². The van der Waals surface area contributed by atoms with Crippen molar-refractivity contribution in [2.24, 2.45) is 5.92 Å². The van der Waals surface area contributed by atoms with Gasteiger partial charge in [-0.15, -0.1) is 0 Å². The first kappa shape index (κ1) is 18.4. The highest BCUT2D eigenvalue weighted by Gasteiger charge is 2.52. The van der Waals surface area contributed by atoms with Crippen LogP contribution < -0.4 is 0 Å². The maximum Gasteiger partial charge on any atom is 0.242 e. The van der Waals surface area contributed by atoms with Gasteiger partial charge in [-0.05, 0) is 30.9 Å². The Labute approximate surface area is 160 Å². The molecule has 27 heavy (non-hydrogen) atoms. The molecule has 3 fully saturated rings. The molecule has 1 unspecified atom stereocenters. The third-order valence-corrected chi connectivity index (χ3v) is 5.86. The Hall–Kier alpha value is -1.99. The van der Waals surface area contributed by atoms with Crippen molar-refractivity contribution < 1.29 is 14.3 Å². The highest BCUT2D eigenvalue weighted by Crippen LogP contribution is 2.36. The van der Waals surface area contributed by atoms with Gasteiger partial charge in [-0.3, -0.25) is 19.5 Å². The molecule has 1 saturated carbocycles. The second kappa shape index (κ2) is 7.20. The Kier molecular flexibility index (Phi) is 4.90. The number of aromatic nitrogens is 1. The van der Waals surface area contributed by atoms with Crippen LogP contribution in [0.3, 0.4) is 0 Å². The molecule has 0 bridgehead atoms. The lowest BCUT2D eigenvalue weighted by molar-refractivity contribution is -0.205. The zero-order valence-corrected chi connectivity index (χ0v) is 16.1. The SMILES string of the molecule is CC(=O)N1CC2(C1)CN(CC1CC1)C(C(=O)N(C)Cc1ccccn1)CO2. The number of ether oxygens (including phenoxy) is 1. The minimum absolute atomic E-state index is 0.0823. The van der Waals surface area contributed by atoms with Crippen molar-refractivity contribution in [3.05, 3.63) is 30.1 Å². The minimum atomic E-state index is -0.295. The van der Waals surface area contributed by atoms with Gasteiger partial charge >= 0.3 is 0 Å². The van der Waals surface area contributed by atoms with Gasteiger partial charge in [0.15, 0.2) is 0 Å². The van der Waals surface area contributed by atoms with E-state index in [4.69, 9.17) is 4.74 Å². The van der Waals surface area contributed by atoms with Crippen LogP contribution in [0, 0.1) is 5.92 Å². The van der Waals surface area contributed by atoms with Crippen molar-refractivity contribution in [2.75, 3.05) is 39.8 Å². The Balaban J connectivity index is 1.41. The number of pyridine rings is 1. The molecule has 2 saturated heterocycles. The summed E-state index contributed by atoms with van der Waals surface area (Å²) in [7, 11) is 1.83. The topological polar surface area (TPSA) is 66.0 Å². The first-order valence-electron chi connectivity index (χ1n) is 9.74. The van der Waals surface area contributed by atoms with Gasteiger partial charge in [0.1, 0.15) is 11.6 Å². The Bertz CT molecular complexity index is 700. The highest BCUT2D eigenvalue weighted by atomic mass is 16.5. The van der Waals surface area contributed by atoms with Crippen molar-refractivity contribution in [2.45, 2.75) is 38.0 Å². The van der Waals surface area contributed by atoms with Crippen LogP contribution in [0.15, 0.2) is 24.4 Å². The van der Waals surface area contributed by atoms with Crippen LogP contribution in [0.5, 0.6) is 0 Å². The molecular formula is C20H28N4O3. The van der Waals surface area contributed by atoms with Crippen LogP contribution in [0.25, 0.3) is 0 Å². The minimum Gasteiger partial charge on any atom is -0.368 e. The largest absolute Gasteiger partial charge is 0.368 e.